The van der Waals surface area contributed by atoms with Crippen molar-refractivity contribution in [2.75, 3.05) is 50.0 Å². The zero-order valence-electron chi connectivity index (χ0n) is 27.1. The average molecular weight is 735 g/mol. The highest BCUT2D eigenvalue weighted by molar-refractivity contribution is 7.23. The Bertz CT molecular complexity index is 2300. The van der Waals surface area contributed by atoms with Gasteiger partial charge in [-0.25, -0.2) is 18.0 Å². The standard InChI is InChI=1S/C34H30ClF3N10O2S/c35-22-12-20-27(26(38)25(22)19-2-3-23(37)28-24(19)21(14-39)29(40)51-28)43-31(50-17-34-4-1-9-46(34)15-18(36)13-34)44-30(20)45-10-5-33(16-45)6-11-47(33)32(49)48-41-7-8-42-48/h2-3,7-8,12,18H,1,4-6,9-11,13,15-17,40H2/t18-,33?,34+/m1/s1. The monoisotopic (exact) mass is 734 g/mol. The highest BCUT2D eigenvalue weighted by atomic mass is 35.5. The molecule has 2 aromatic carbocycles. The third-order valence-electron chi connectivity index (χ3n) is 11.1. The first-order chi connectivity index (χ1) is 24.6. The number of hydrogen-bond acceptors (Lipinski definition) is 11. The van der Waals surface area contributed by atoms with Crippen molar-refractivity contribution in [2.24, 2.45) is 0 Å². The van der Waals surface area contributed by atoms with Crippen LogP contribution in [-0.4, -0.2) is 97.4 Å². The molecule has 3 atom stereocenters. The Balaban J connectivity index is 1.16. The number of amides is 1. The van der Waals surface area contributed by atoms with E-state index < -0.39 is 28.9 Å². The Morgan fingerprint density at radius 1 is 1.16 bits per heavy atom. The van der Waals surface area contributed by atoms with E-state index in [1.54, 1.807) is 11.0 Å². The summed E-state index contributed by atoms with van der Waals surface area (Å²) in [5.74, 6) is -1.03. The maximum Gasteiger partial charge on any atom is 0.362 e. The number of ether oxygens (including phenoxy) is 1. The number of rotatable bonds is 5. The Morgan fingerprint density at radius 3 is 2.73 bits per heavy atom. The lowest BCUT2D eigenvalue weighted by Gasteiger charge is -2.49. The molecule has 9 rings (SSSR count). The molecule has 2 N–H and O–H groups in total. The maximum atomic E-state index is 17.1. The first-order valence-corrected chi connectivity index (χ1v) is 17.9. The third-order valence-corrected chi connectivity index (χ3v) is 12.4. The number of nitrogen functional groups attached to an aromatic ring is 1. The van der Waals surface area contributed by atoms with Gasteiger partial charge in [-0.1, -0.05) is 22.5 Å². The first-order valence-electron chi connectivity index (χ1n) is 16.7. The van der Waals surface area contributed by atoms with E-state index in [1.165, 1.54) is 24.5 Å². The van der Waals surface area contributed by atoms with E-state index in [0.717, 1.165) is 41.9 Å². The number of anilines is 2. The van der Waals surface area contributed by atoms with Gasteiger partial charge in [0.15, 0.2) is 5.82 Å². The number of halogens is 4. The molecule has 51 heavy (non-hydrogen) atoms. The molecule has 1 spiro atoms. The molecule has 5 aromatic rings. The van der Waals surface area contributed by atoms with Crippen LogP contribution >= 0.6 is 22.9 Å². The van der Waals surface area contributed by atoms with E-state index in [0.29, 0.717) is 50.2 Å². The van der Waals surface area contributed by atoms with Crippen molar-refractivity contribution in [2.45, 2.75) is 49.4 Å². The Hall–Kier alpha value is -4.72. The van der Waals surface area contributed by atoms with Gasteiger partial charge < -0.3 is 20.3 Å². The van der Waals surface area contributed by atoms with Crippen molar-refractivity contribution in [1.29, 1.82) is 5.26 Å². The zero-order chi connectivity index (χ0) is 35.2. The summed E-state index contributed by atoms with van der Waals surface area (Å²) in [6.45, 7) is 2.66. The number of hydrogen-bond donors (Lipinski definition) is 1. The largest absolute Gasteiger partial charge is 0.461 e. The Kier molecular flexibility index (Phi) is 7.36. The van der Waals surface area contributed by atoms with E-state index in [2.05, 4.69) is 20.1 Å². The number of fused-ring (bicyclic) bond motifs is 3. The van der Waals surface area contributed by atoms with Gasteiger partial charge in [-0.3, -0.25) is 4.90 Å². The molecule has 3 aromatic heterocycles. The van der Waals surface area contributed by atoms with Gasteiger partial charge in [-0.15, -0.1) is 11.3 Å². The molecule has 0 bridgehead atoms. The van der Waals surface area contributed by atoms with Crippen molar-refractivity contribution < 1.29 is 22.7 Å². The predicted molar refractivity (Wildman–Crippen MR) is 185 cm³/mol. The van der Waals surface area contributed by atoms with Crippen LogP contribution in [0.3, 0.4) is 0 Å². The fraction of sp³-hybridized carbons (Fsp3) is 0.412. The SMILES string of the molecule is N#Cc1c(N)sc2c(F)ccc(-c3c(Cl)cc4c(N5CCC6(CCN6C(=O)n6nccn6)C5)nc(OC[C@@]56CCCN5C[C@H](F)C6)nc4c3F)c12. The molecule has 4 aliphatic heterocycles. The maximum absolute atomic E-state index is 17.1. The van der Waals surface area contributed by atoms with Gasteiger partial charge in [-0.2, -0.15) is 25.4 Å². The topological polar surface area (TPSA) is 142 Å². The summed E-state index contributed by atoms with van der Waals surface area (Å²) in [5, 5.41) is 18.5. The average Bonchev–Trinajstić information content (AvgIpc) is 3.93. The van der Waals surface area contributed by atoms with Crippen molar-refractivity contribution >= 4 is 60.8 Å². The number of likely N-dealkylation sites (tertiary alicyclic amines) is 1. The number of nitriles is 1. The number of aromatic nitrogens is 5. The molecule has 1 unspecified atom stereocenters. The van der Waals surface area contributed by atoms with Crippen LogP contribution in [0.25, 0.3) is 32.1 Å². The van der Waals surface area contributed by atoms with Crippen LogP contribution in [0.2, 0.25) is 5.02 Å². The van der Waals surface area contributed by atoms with Crippen molar-refractivity contribution in [3.63, 3.8) is 0 Å². The van der Waals surface area contributed by atoms with Gasteiger partial charge in [0.2, 0.25) is 0 Å². The van der Waals surface area contributed by atoms with Crippen LogP contribution in [0.5, 0.6) is 6.01 Å². The molecule has 4 aliphatic rings. The van der Waals surface area contributed by atoms with E-state index in [1.807, 2.05) is 11.0 Å². The van der Waals surface area contributed by atoms with E-state index >= 15 is 4.39 Å². The fourth-order valence-corrected chi connectivity index (χ4v) is 9.83. The molecule has 4 fully saturated rings. The van der Waals surface area contributed by atoms with Crippen LogP contribution in [0, 0.1) is 23.0 Å². The normalized spacial score (nSPS) is 24.5. The van der Waals surface area contributed by atoms with Crippen LogP contribution in [0.15, 0.2) is 30.6 Å². The van der Waals surface area contributed by atoms with Gasteiger partial charge in [0.05, 0.1) is 38.8 Å². The molecule has 0 radical (unpaired) electrons. The highest BCUT2D eigenvalue weighted by Gasteiger charge is 2.53. The summed E-state index contributed by atoms with van der Waals surface area (Å²) in [5.41, 5.74) is 5.13. The Morgan fingerprint density at radius 2 is 1.96 bits per heavy atom. The summed E-state index contributed by atoms with van der Waals surface area (Å²) in [6, 6.07) is 5.74. The second-order valence-corrected chi connectivity index (χ2v) is 15.2. The molecule has 4 saturated heterocycles. The lowest BCUT2D eigenvalue weighted by Crippen LogP contribution is -2.64. The first kappa shape index (κ1) is 32.2. The van der Waals surface area contributed by atoms with E-state index in [9.17, 15) is 18.8 Å². The second-order valence-electron chi connectivity index (χ2n) is 13.8. The lowest BCUT2D eigenvalue weighted by molar-refractivity contribution is 0.0383. The molecule has 262 valence electrons. The molecular formula is C34H30ClF3N10O2S. The van der Waals surface area contributed by atoms with Gasteiger partial charge in [0.25, 0.3) is 0 Å². The number of benzene rings is 2. The minimum Gasteiger partial charge on any atom is -0.461 e. The third kappa shape index (κ3) is 4.85. The summed E-state index contributed by atoms with van der Waals surface area (Å²) < 4.78 is 53.0. The van der Waals surface area contributed by atoms with Crippen molar-refractivity contribution in [3.05, 3.63) is 52.8 Å². The van der Waals surface area contributed by atoms with Crippen molar-refractivity contribution in [1.82, 2.24) is 34.8 Å². The van der Waals surface area contributed by atoms with Gasteiger partial charge >= 0.3 is 12.0 Å². The van der Waals surface area contributed by atoms with Gasteiger partial charge in [-0.05, 0) is 49.9 Å². The van der Waals surface area contributed by atoms with Crippen LogP contribution in [-0.2, 0) is 0 Å². The van der Waals surface area contributed by atoms with Gasteiger partial charge in [0, 0.05) is 48.9 Å². The second kappa shape index (κ2) is 11.7. The molecule has 1 amide bonds. The van der Waals surface area contributed by atoms with Gasteiger partial charge in [0.1, 0.15) is 41.0 Å². The molecule has 0 aliphatic carbocycles. The summed E-state index contributed by atoms with van der Waals surface area (Å²) in [6.07, 6.45) is 5.30. The summed E-state index contributed by atoms with van der Waals surface area (Å²) >= 11 is 7.79. The smallest absolute Gasteiger partial charge is 0.362 e. The quantitative estimate of drug-likeness (QED) is 0.237. The minimum absolute atomic E-state index is 0.000340. The van der Waals surface area contributed by atoms with Crippen LogP contribution in [0.1, 0.15) is 37.7 Å². The number of thiophene rings is 1. The number of carbonyl (C=O) groups excluding carboxylic acids is 1. The number of carbonyl (C=O) groups is 1. The van der Waals surface area contributed by atoms with Crippen LogP contribution in [0.4, 0.5) is 28.8 Å². The number of nitrogens with two attached hydrogens (primary N) is 1. The predicted octanol–water partition coefficient (Wildman–Crippen LogP) is 5.77. The summed E-state index contributed by atoms with van der Waals surface area (Å²) in [7, 11) is 0. The lowest BCUT2D eigenvalue weighted by atomic mass is 9.84. The Labute approximate surface area is 298 Å². The van der Waals surface area contributed by atoms with E-state index in [4.69, 9.17) is 27.1 Å². The fourth-order valence-electron chi connectivity index (χ4n) is 8.59. The molecule has 7 heterocycles. The molecule has 0 saturated carbocycles. The van der Waals surface area contributed by atoms with Crippen molar-refractivity contribution in [3.8, 4) is 23.2 Å². The summed E-state index contributed by atoms with van der Waals surface area (Å²) in [4.78, 5) is 29.5. The highest BCUT2D eigenvalue weighted by Crippen LogP contribution is 2.48. The number of nitrogens with zero attached hydrogens (tertiary/aromatic N) is 9. The number of alkyl halides is 1. The molecular weight excluding hydrogens is 705 g/mol. The van der Waals surface area contributed by atoms with E-state index in [-0.39, 0.29) is 61.0 Å². The molecule has 12 nitrogen and oxygen atoms in total. The zero-order valence-corrected chi connectivity index (χ0v) is 28.7. The van der Waals surface area contributed by atoms with Crippen LogP contribution < -0.4 is 15.4 Å². The molecule has 17 heteroatoms. The minimum atomic E-state index is -0.966.